The number of carbonyl (C=O) groups is 1. The van der Waals surface area contributed by atoms with Crippen LogP contribution in [0, 0.1) is 5.41 Å². The first-order valence-corrected chi connectivity index (χ1v) is 7.85. The van der Waals surface area contributed by atoms with Gasteiger partial charge in [-0.3, -0.25) is 4.79 Å². The molecule has 1 rings (SSSR count). The molecule has 0 spiro atoms. The third kappa shape index (κ3) is 4.18. The normalized spacial score (nSPS) is 18.5. The van der Waals surface area contributed by atoms with Gasteiger partial charge in [0.25, 0.3) is 0 Å². The van der Waals surface area contributed by atoms with Crippen molar-refractivity contribution >= 4 is 5.91 Å². The topological polar surface area (TPSA) is 58.4 Å². The van der Waals surface area contributed by atoms with E-state index in [4.69, 9.17) is 5.73 Å². The van der Waals surface area contributed by atoms with Crippen molar-refractivity contribution in [2.75, 3.05) is 26.2 Å². The predicted octanol–water partition coefficient (Wildman–Crippen LogP) is 1.74. The van der Waals surface area contributed by atoms with Crippen LogP contribution < -0.4 is 11.1 Å². The molecule has 4 heteroatoms. The van der Waals surface area contributed by atoms with Crippen LogP contribution in [0.3, 0.4) is 0 Å². The van der Waals surface area contributed by atoms with Crippen LogP contribution in [0.25, 0.3) is 0 Å². The van der Waals surface area contributed by atoms with Crippen LogP contribution in [-0.2, 0) is 4.79 Å². The Labute approximate surface area is 118 Å². The van der Waals surface area contributed by atoms with Crippen LogP contribution in [0.15, 0.2) is 0 Å². The lowest BCUT2D eigenvalue weighted by Crippen LogP contribution is -2.51. The van der Waals surface area contributed by atoms with Gasteiger partial charge in [0.15, 0.2) is 0 Å². The summed E-state index contributed by atoms with van der Waals surface area (Å²) < 4.78 is 0. The number of nitrogens with one attached hydrogen (secondary N) is 1. The Morgan fingerprint density at radius 2 is 1.84 bits per heavy atom. The quantitative estimate of drug-likeness (QED) is 0.740. The van der Waals surface area contributed by atoms with Gasteiger partial charge in [-0.1, -0.05) is 20.8 Å². The molecule has 0 atom stereocenters. The van der Waals surface area contributed by atoms with Crippen molar-refractivity contribution in [1.82, 2.24) is 10.2 Å². The highest BCUT2D eigenvalue weighted by Crippen LogP contribution is 2.25. The maximum Gasteiger partial charge on any atom is 0.227 e. The molecule has 0 radical (unpaired) electrons. The number of likely N-dealkylation sites (tertiary alicyclic amines) is 1. The molecular weight excluding hydrogens is 238 g/mol. The first-order valence-electron chi connectivity index (χ1n) is 7.85. The SMILES string of the molecule is CCCN1CCC(NC(=O)C(CC)(CC)CN)CC1. The van der Waals surface area contributed by atoms with E-state index in [9.17, 15) is 4.79 Å². The van der Waals surface area contributed by atoms with E-state index in [1.165, 1.54) is 13.0 Å². The molecule has 0 aromatic rings. The van der Waals surface area contributed by atoms with E-state index in [0.29, 0.717) is 12.6 Å². The molecule has 1 aliphatic heterocycles. The molecule has 0 saturated carbocycles. The van der Waals surface area contributed by atoms with Crippen molar-refractivity contribution in [3.8, 4) is 0 Å². The van der Waals surface area contributed by atoms with Crippen LogP contribution in [0.5, 0.6) is 0 Å². The molecule has 0 bridgehead atoms. The highest BCUT2D eigenvalue weighted by atomic mass is 16.2. The summed E-state index contributed by atoms with van der Waals surface area (Å²) in [6, 6.07) is 0.338. The Bertz CT molecular complexity index is 260. The van der Waals surface area contributed by atoms with Gasteiger partial charge in [-0.05, 0) is 38.6 Å². The first-order chi connectivity index (χ1) is 9.11. The zero-order chi connectivity index (χ0) is 14.3. The summed E-state index contributed by atoms with van der Waals surface area (Å²) in [5, 5.41) is 3.23. The monoisotopic (exact) mass is 269 g/mol. The second-order valence-electron chi connectivity index (χ2n) is 5.78. The van der Waals surface area contributed by atoms with Crippen molar-refractivity contribution in [1.29, 1.82) is 0 Å². The van der Waals surface area contributed by atoms with E-state index in [-0.39, 0.29) is 11.3 Å². The minimum absolute atomic E-state index is 0.161. The Morgan fingerprint density at radius 3 is 2.26 bits per heavy atom. The smallest absolute Gasteiger partial charge is 0.227 e. The fourth-order valence-corrected chi connectivity index (χ4v) is 2.91. The van der Waals surface area contributed by atoms with Crippen LogP contribution in [0.2, 0.25) is 0 Å². The fourth-order valence-electron chi connectivity index (χ4n) is 2.91. The van der Waals surface area contributed by atoms with Gasteiger partial charge in [-0.15, -0.1) is 0 Å². The minimum atomic E-state index is -0.361. The summed E-state index contributed by atoms with van der Waals surface area (Å²) in [5.41, 5.74) is 5.47. The lowest BCUT2D eigenvalue weighted by atomic mass is 9.81. The van der Waals surface area contributed by atoms with Gasteiger partial charge in [-0.2, -0.15) is 0 Å². The number of hydrogen-bond acceptors (Lipinski definition) is 3. The summed E-state index contributed by atoms with van der Waals surface area (Å²) in [6.07, 6.45) is 4.99. The van der Waals surface area contributed by atoms with Crippen molar-refractivity contribution in [3.05, 3.63) is 0 Å². The van der Waals surface area contributed by atoms with Crippen molar-refractivity contribution in [3.63, 3.8) is 0 Å². The number of nitrogens with zero attached hydrogens (tertiary/aromatic N) is 1. The molecule has 1 fully saturated rings. The largest absolute Gasteiger partial charge is 0.353 e. The molecule has 19 heavy (non-hydrogen) atoms. The van der Waals surface area contributed by atoms with E-state index in [0.717, 1.165) is 38.8 Å². The molecule has 1 aliphatic rings. The molecule has 0 unspecified atom stereocenters. The number of rotatable bonds is 7. The number of nitrogens with two attached hydrogens (primary N) is 1. The molecule has 1 amide bonds. The number of amides is 1. The lowest BCUT2D eigenvalue weighted by molar-refractivity contribution is -0.132. The van der Waals surface area contributed by atoms with Crippen molar-refractivity contribution in [2.24, 2.45) is 11.1 Å². The second-order valence-corrected chi connectivity index (χ2v) is 5.78. The van der Waals surface area contributed by atoms with E-state index >= 15 is 0 Å². The van der Waals surface area contributed by atoms with Gasteiger partial charge in [-0.25, -0.2) is 0 Å². The zero-order valence-corrected chi connectivity index (χ0v) is 12.9. The maximum absolute atomic E-state index is 12.4. The van der Waals surface area contributed by atoms with E-state index in [1.807, 2.05) is 0 Å². The van der Waals surface area contributed by atoms with E-state index in [2.05, 4.69) is 31.0 Å². The first kappa shape index (κ1) is 16.4. The molecule has 1 saturated heterocycles. The molecule has 0 aromatic heterocycles. The lowest BCUT2D eigenvalue weighted by Gasteiger charge is -2.35. The van der Waals surface area contributed by atoms with Crippen LogP contribution in [-0.4, -0.2) is 43.0 Å². The number of hydrogen-bond donors (Lipinski definition) is 2. The molecule has 3 N–H and O–H groups in total. The molecule has 0 aromatic carbocycles. The average molecular weight is 269 g/mol. The average Bonchev–Trinajstić information content (AvgIpc) is 2.44. The summed E-state index contributed by atoms with van der Waals surface area (Å²) in [7, 11) is 0. The standard InChI is InChI=1S/C15H31N3O/c1-4-9-18-10-7-13(8-11-18)17-14(19)15(5-2,6-3)12-16/h13H,4-12,16H2,1-3H3,(H,17,19). The predicted molar refractivity (Wildman–Crippen MR) is 80.0 cm³/mol. The summed E-state index contributed by atoms with van der Waals surface area (Å²) in [5.74, 6) is 0.161. The Balaban J connectivity index is 2.45. The highest BCUT2D eigenvalue weighted by Gasteiger charge is 2.34. The molecular formula is C15H31N3O. The Hall–Kier alpha value is -0.610. The molecule has 112 valence electrons. The van der Waals surface area contributed by atoms with Gasteiger partial charge in [0, 0.05) is 25.7 Å². The fraction of sp³-hybridized carbons (Fsp3) is 0.933. The van der Waals surface area contributed by atoms with Crippen LogP contribution >= 0.6 is 0 Å². The number of carbonyl (C=O) groups excluding carboxylic acids is 1. The zero-order valence-electron chi connectivity index (χ0n) is 12.9. The van der Waals surface area contributed by atoms with Gasteiger partial charge < -0.3 is 16.0 Å². The van der Waals surface area contributed by atoms with E-state index in [1.54, 1.807) is 0 Å². The third-order valence-corrected chi connectivity index (χ3v) is 4.69. The molecule has 4 nitrogen and oxygen atoms in total. The Kier molecular flexibility index (Phi) is 6.80. The maximum atomic E-state index is 12.4. The summed E-state index contributed by atoms with van der Waals surface area (Å²) >= 11 is 0. The second kappa shape index (κ2) is 7.85. The van der Waals surface area contributed by atoms with Crippen LogP contribution in [0.1, 0.15) is 52.9 Å². The van der Waals surface area contributed by atoms with Gasteiger partial charge in [0.1, 0.15) is 0 Å². The summed E-state index contributed by atoms with van der Waals surface area (Å²) in [4.78, 5) is 14.9. The van der Waals surface area contributed by atoms with Gasteiger partial charge >= 0.3 is 0 Å². The van der Waals surface area contributed by atoms with Crippen molar-refractivity contribution in [2.45, 2.75) is 58.9 Å². The Morgan fingerprint density at radius 1 is 1.26 bits per heavy atom. The number of piperidine rings is 1. The van der Waals surface area contributed by atoms with Gasteiger partial charge in [0.2, 0.25) is 5.91 Å². The molecule has 0 aliphatic carbocycles. The van der Waals surface area contributed by atoms with Crippen LogP contribution in [0.4, 0.5) is 0 Å². The third-order valence-electron chi connectivity index (χ3n) is 4.69. The highest BCUT2D eigenvalue weighted by molar-refractivity contribution is 5.83. The molecule has 1 heterocycles. The minimum Gasteiger partial charge on any atom is -0.353 e. The summed E-state index contributed by atoms with van der Waals surface area (Å²) in [6.45, 7) is 10.2. The van der Waals surface area contributed by atoms with Gasteiger partial charge in [0.05, 0.1) is 5.41 Å². The van der Waals surface area contributed by atoms with Crippen molar-refractivity contribution < 1.29 is 4.79 Å². The van der Waals surface area contributed by atoms with E-state index < -0.39 is 0 Å².